The number of nitrogens with zero attached hydrogens (tertiary/aromatic N) is 3. The lowest BCUT2D eigenvalue weighted by Crippen LogP contribution is -2.07. The van der Waals surface area contributed by atoms with E-state index < -0.39 is 0 Å². The molecule has 3 aromatic heterocycles. The number of aryl methyl sites for hydroxylation is 1. The topological polar surface area (TPSA) is 47.3 Å². The Morgan fingerprint density at radius 3 is 2.83 bits per heavy atom. The zero-order valence-corrected chi connectivity index (χ0v) is 9.87. The van der Waals surface area contributed by atoms with E-state index in [-0.39, 0.29) is 5.78 Å². The second-order valence-electron chi connectivity index (χ2n) is 4.12. The highest BCUT2D eigenvalue weighted by atomic mass is 16.1. The van der Waals surface area contributed by atoms with Gasteiger partial charge >= 0.3 is 0 Å². The van der Waals surface area contributed by atoms with Crippen LogP contribution < -0.4 is 0 Å². The number of pyridine rings is 2. The summed E-state index contributed by atoms with van der Waals surface area (Å²) in [7, 11) is 0. The molecule has 0 aliphatic rings. The molecule has 0 amide bonds. The molecular weight excluding hydrogens is 226 g/mol. The molecule has 0 fully saturated rings. The molecule has 3 aromatic rings. The third-order valence-corrected chi connectivity index (χ3v) is 2.78. The Balaban J connectivity index is 2.15. The van der Waals surface area contributed by atoms with Gasteiger partial charge < -0.3 is 0 Å². The number of aromatic nitrogens is 3. The molecule has 0 spiro atoms. The largest absolute Gasteiger partial charge is 0.296 e. The summed E-state index contributed by atoms with van der Waals surface area (Å²) < 4.78 is 1.80. The molecule has 0 unspecified atom stereocenters. The Morgan fingerprint density at radius 2 is 2.06 bits per heavy atom. The van der Waals surface area contributed by atoms with Crippen molar-refractivity contribution < 1.29 is 4.79 Å². The smallest absolute Gasteiger partial charge is 0.229 e. The van der Waals surface area contributed by atoms with Crippen molar-refractivity contribution in [2.24, 2.45) is 0 Å². The van der Waals surface area contributed by atoms with Gasteiger partial charge in [0, 0.05) is 12.4 Å². The first-order valence-corrected chi connectivity index (χ1v) is 5.65. The lowest BCUT2D eigenvalue weighted by molar-refractivity contribution is 0.102. The number of carbonyl (C=O) groups is 1. The summed E-state index contributed by atoms with van der Waals surface area (Å²) in [6, 6.07) is 9.16. The van der Waals surface area contributed by atoms with Gasteiger partial charge in [0.1, 0.15) is 17.0 Å². The van der Waals surface area contributed by atoms with Crippen LogP contribution in [0.5, 0.6) is 0 Å². The van der Waals surface area contributed by atoms with E-state index in [9.17, 15) is 4.79 Å². The van der Waals surface area contributed by atoms with Crippen LogP contribution >= 0.6 is 0 Å². The summed E-state index contributed by atoms with van der Waals surface area (Å²) in [5.74, 6) is -0.117. The van der Waals surface area contributed by atoms with Gasteiger partial charge in [-0.1, -0.05) is 12.1 Å². The summed E-state index contributed by atoms with van der Waals surface area (Å²) in [5.41, 5.74) is 2.81. The Morgan fingerprint density at radius 1 is 1.17 bits per heavy atom. The number of hydrogen-bond acceptors (Lipinski definition) is 3. The molecule has 18 heavy (non-hydrogen) atoms. The summed E-state index contributed by atoms with van der Waals surface area (Å²) in [6.07, 6.45) is 5.10. The Bertz CT molecular complexity index is 716. The van der Waals surface area contributed by atoms with E-state index in [0.29, 0.717) is 11.4 Å². The molecular formula is C14H11N3O. The average molecular weight is 237 g/mol. The number of imidazole rings is 1. The summed E-state index contributed by atoms with van der Waals surface area (Å²) in [5, 5.41) is 0. The molecule has 0 aliphatic heterocycles. The van der Waals surface area contributed by atoms with Gasteiger partial charge in [0.05, 0.1) is 6.20 Å². The zero-order chi connectivity index (χ0) is 12.5. The maximum Gasteiger partial charge on any atom is 0.229 e. The fraction of sp³-hybridized carbons (Fsp3) is 0.0714. The van der Waals surface area contributed by atoms with Crippen molar-refractivity contribution in [2.75, 3.05) is 0 Å². The van der Waals surface area contributed by atoms with E-state index in [1.54, 1.807) is 35.0 Å². The summed E-state index contributed by atoms with van der Waals surface area (Å²) >= 11 is 0. The van der Waals surface area contributed by atoms with Gasteiger partial charge in [0.25, 0.3) is 0 Å². The van der Waals surface area contributed by atoms with Crippen LogP contribution in [0.4, 0.5) is 0 Å². The van der Waals surface area contributed by atoms with Crippen LogP contribution in [-0.4, -0.2) is 20.2 Å². The van der Waals surface area contributed by atoms with Crippen LogP contribution in [0.15, 0.2) is 48.9 Å². The number of ketones is 1. The van der Waals surface area contributed by atoms with Crippen LogP contribution in [0.25, 0.3) is 5.65 Å². The van der Waals surface area contributed by atoms with E-state index >= 15 is 0 Å². The van der Waals surface area contributed by atoms with Crippen molar-refractivity contribution in [2.45, 2.75) is 6.92 Å². The Hall–Kier alpha value is -2.49. The van der Waals surface area contributed by atoms with Gasteiger partial charge in [0.15, 0.2) is 0 Å². The van der Waals surface area contributed by atoms with Crippen molar-refractivity contribution in [3.8, 4) is 0 Å². The molecule has 4 nitrogen and oxygen atoms in total. The predicted octanol–water partition coefficient (Wildman–Crippen LogP) is 2.27. The van der Waals surface area contributed by atoms with Gasteiger partial charge in [-0.05, 0) is 30.7 Å². The molecule has 0 aliphatic carbocycles. The second-order valence-corrected chi connectivity index (χ2v) is 4.12. The van der Waals surface area contributed by atoms with E-state index in [1.165, 1.54) is 0 Å². The third kappa shape index (κ3) is 1.68. The highest BCUT2D eigenvalue weighted by Gasteiger charge is 2.14. The van der Waals surface area contributed by atoms with Crippen molar-refractivity contribution in [1.29, 1.82) is 0 Å². The Kier molecular flexibility index (Phi) is 2.41. The van der Waals surface area contributed by atoms with Crippen LogP contribution in [0.1, 0.15) is 21.7 Å². The quantitative estimate of drug-likeness (QED) is 0.642. The minimum Gasteiger partial charge on any atom is -0.296 e. The molecule has 3 heterocycles. The molecule has 0 saturated carbocycles. The van der Waals surface area contributed by atoms with Gasteiger partial charge in [-0.2, -0.15) is 0 Å². The van der Waals surface area contributed by atoms with Crippen LogP contribution in [0.3, 0.4) is 0 Å². The molecule has 4 heteroatoms. The van der Waals surface area contributed by atoms with Crippen molar-refractivity contribution in [1.82, 2.24) is 14.4 Å². The second kappa shape index (κ2) is 4.07. The minimum absolute atomic E-state index is 0.117. The van der Waals surface area contributed by atoms with Crippen molar-refractivity contribution >= 4 is 11.4 Å². The first-order chi connectivity index (χ1) is 8.75. The maximum atomic E-state index is 12.3. The first-order valence-electron chi connectivity index (χ1n) is 5.65. The monoisotopic (exact) mass is 237 g/mol. The SMILES string of the molecule is Cc1ccc2ncc(C(=O)c3ccccn3)n2c1. The summed E-state index contributed by atoms with van der Waals surface area (Å²) in [4.78, 5) is 20.6. The number of rotatable bonds is 2. The van der Waals surface area contributed by atoms with Gasteiger partial charge in [0.2, 0.25) is 5.78 Å². The van der Waals surface area contributed by atoms with E-state index in [1.807, 2.05) is 25.3 Å². The minimum atomic E-state index is -0.117. The van der Waals surface area contributed by atoms with Crippen LogP contribution in [0, 0.1) is 6.92 Å². The first kappa shape index (κ1) is 10.7. The van der Waals surface area contributed by atoms with E-state index in [2.05, 4.69) is 9.97 Å². The van der Waals surface area contributed by atoms with Crippen molar-refractivity contribution in [3.63, 3.8) is 0 Å². The number of carbonyl (C=O) groups excluding carboxylic acids is 1. The molecule has 0 saturated heterocycles. The summed E-state index contributed by atoms with van der Waals surface area (Å²) in [6.45, 7) is 1.98. The fourth-order valence-corrected chi connectivity index (χ4v) is 1.88. The van der Waals surface area contributed by atoms with Crippen LogP contribution in [0.2, 0.25) is 0 Å². The van der Waals surface area contributed by atoms with Gasteiger partial charge in [-0.25, -0.2) is 4.98 Å². The van der Waals surface area contributed by atoms with Crippen molar-refractivity contribution in [3.05, 3.63) is 65.9 Å². The third-order valence-electron chi connectivity index (χ3n) is 2.78. The Labute approximate surface area is 104 Å². The lowest BCUT2D eigenvalue weighted by atomic mass is 10.2. The maximum absolute atomic E-state index is 12.3. The molecule has 3 rings (SSSR count). The van der Waals surface area contributed by atoms with Gasteiger partial charge in [-0.15, -0.1) is 0 Å². The molecule has 0 bridgehead atoms. The van der Waals surface area contributed by atoms with E-state index in [0.717, 1.165) is 11.2 Å². The molecule has 0 atom stereocenters. The lowest BCUT2D eigenvalue weighted by Gasteiger charge is -2.01. The number of hydrogen-bond donors (Lipinski definition) is 0. The average Bonchev–Trinajstić information content (AvgIpc) is 2.82. The van der Waals surface area contributed by atoms with E-state index in [4.69, 9.17) is 0 Å². The predicted molar refractivity (Wildman–Crippen MR) is 67.6 cm³/mol. The molecule has 0 N–H and O–H groups in total. The highest BCUT2D eigenvalue weighted by molar-refractivity contribution is 6.06. The number of fused-ring (bicyclic) bond motifs is 1. The molecule has 0 radical (unpaired) electrons. The zero-order valence-electron chi connectivity index (χ0n) is 9.87. The standard InChI is InChI=1S/C14H11N3O/c1-10-5-6-13-16-8-12(17(13)9-10)14(18)11-4-2-3-7-15-11/h2-9H,1H3. The normalized spacial score (nSPS) is 10.7. The van der Waals surface area contributed by atoms with Crippen LogP contribution in [-0.2, 0) is 0 Å². The highest BCUT2D eigenvalue weighted by Crippen LogP contribution is 2.12. The molecule has 88 valence electrons. The van der Waals surface area contributed by atoms with Gasteiger partial charge in [-0.3, -0.25) is 14.2 Å². The molecule has 0 aromatic carbocycles. The fourth-order valence-electron chi connectivity index (χ4n) is 1.88.